The molecule has 3 N–H and O–H groups in total. The molecule has 1 aromatic heterocycles. The van der Waals surface area contributed by atoms with Crippen LogP contribution in [-0.2, 0) is 0 Å². The molecule has 2 aliphatic heterocycles. The van der Waals surface area contributed by atoms with Crippen LogP contribution in [0.5, 0.6) is 11.5 Å². The Morgan fingerprint density at radius 3 is 2.52 bits per heavy atom. The van der Waals surface area contributed by atoms with Gasteiger partial charge < -0.3 is 15.8 Å². The molecule has 5 rings (SSSR count). The molecule has 2 aliphatic rings. The number of nitrogens with zero attached hydrogens (tertiary/aromatic N) is 4. The van der Waals surface area contributed by atoms with Crippen molar-refractivity contribution in [2.24, 2.45) is 5.10 Å². The summed E-state index contributed by atoms with van der Waals surface area (Å²) < 4.78 is 7.81. The van der Waals surface area contributed by atoms with E-state index in [0.29, 0.717) is 5.82 Å². The number of fused-ring (bicyclic) bond motifs is 1. The Morgan fingerprint density at radius 2 is 1.76 bits per heavy atom. The lowest BCUT2D eigenvalue weighted by Gasteiger charge is -2.13. The molecular formula is C22H21N6O+. The summed E-state index contributed by atoms with van der Waals surface area (Å²) in [6, 6.07) is 17.6. The zero-order valence-electron chi connectivity index (χ0n) is 15.9. The third-order valence-corrected chi connectivity index (χ3v) is 5.05. The minimum atomic E-state index is 0.435. The Kier molecular flexibility index (Phi) is 4.50. The van der Waals surface area contributed by atoms with Crippen LogP contribution in [0.2, 0.25) is 0 Å². The molecule has 1 fully saturated rings. The highest BCUT2D eigenvalue weighted by Crippen LogP contribution is 2.32. The molecule has 144 valence electrons. The van der Waals surface area contributed by atoms with E-state index in [9.17, 15) is 0 Å². The van der Waals surface area contributed by atoms with Gasteiger partial charge in [0.2, 0.25) is 6.33 Å². The summed E-state index contributed by atoms with van der Waals surface area (Å²) in [5.41, 5.74) is 9.91. The van der Waals surface area contributed by atoms with Crippen LogP contribution in [-0.4, -0.2) is 39.2 Å². The van der Waals surface area contributed by atoms with Crippen LogP contribution in [0.3, 0.4) is 0 Å². The number of aromatic nitrogens is 2. The van der Waals surface area contributed by atoms with Gasteiger partial charge in [-0.3, -0.25) is 0 Å². The summed E-state index contributed by atoms with van der Waals surface area (Å²) in [4.78, 5) is 8.66. The molecule has 0 spiro atoms. The fourth-order valence-electron chi connectivity index (χ4n) is 3.62. The summed E-state index contributed by atoms with van der Waals surface area (Å²) in [7, 11) is 0. The van der Waals surface area contributed by atoms with Gasteiger partial charge in [-0.2, -0.15) is 4.98 Å². The van der Waals surface area contributed by atoms with Gasteiger partial charge in [-0.25, -0.2) is 0 Å². The Labute approximate surface area is 168 Å². The van der Waals surface area contributed by atoms with Crippen LogP contribution in [0.15, 0.2) is 66.0 Å². The number of nitrogen functional groups attached to an aromatic ring is 1. The molecule has 0 saturated carbocycles. The average molecular weight is 385 g/mol. The van der Waals surface area contributed by atoms with Gasteiger partial charge in [-0.1, -0.05) is 23.3 Å². The van der Waals surface area contributed by atoms with Crippen molar-refractivity contribution in [1.82, 2.24) is 15.3 Å². The lowest BCUT2D eigenvalue weighted by Crippen LogP contribution is -2.33. The van der Waals surface area contributed by atoms with Gasteiger partial charge >= 0.3 is 5.82 Å². The summed E-state index contributed by atoms with van der Waals surface area (Å²) in [6.45, 7) is 1.82. The first-order valence-corrected chi connectivity index (χ1v) is 9.68. The van der Waals surface area contributed by atoms with Crippen molar-refractivity contribution in [3.63, 3.8) is 0 Å². The van der Waals surface area contributed by atoms with E-state index in [1.807, 2.05) is 59.3 Å². The molecule has 0 aliphatic carbocycles. The standard InChI is InChI=1S/C22H21N6O/c23-21-19-20(15-8-10-18(11-9-15)29-17-6-2-1-3-7-17)27-28(22(19)26-14-25-21)16-5-4-12-24-13-16/h1-3,6-11,14,24H,4-5,12-13H2,(H2,23,25,26)/q+1. The average Bonchev–Trinajstić information content (AvgIpc) is 3.17. The van der Waals surface area contributed by atoms with E-state index in [1.54, 1.807) is 0 Å². The lowest BCUT2D eigenvalue weighted by atomic mass is 10.0. The topological polar surface area (TPSA) is 88.4 Å². The number of hydrazone groups is 1. The Hall–Kier alpha value is -3.58. The molecule has 29 heavy (non-hydrogen) atoms. The van der Waals surface area contributed by atoms with Crippen LogP contribution in [0.1, 0.15) is 24.0 Å². The largest absolute Gasteiger partial charge is 0.457 e. The van der Waals surface area contributed by atoms with Gasteiger partial charge in [0.25, 0.3) is 0 Å². The summed E-state index contributed by atoms with van der Waals surface area (Å²) in [5, 5.41) is 8.28. The second kappa shape index (κ2) is 7.44. The number of nitrogens with two attached hydrogens (primary N) is 1. The third kappa shape index (κ3) is 3.36. The SMILES string of the molecule is Nc1ncnc2c1C(c1ccc(Oc3ccccc3)cc1)=N[N+]2=C1CCCNC1. The van der Waals surface area contributed by atoms with Gasteiger partial charge in [0.15, 0.2) is 0 Å². The Bertz CT molecular complexity index is 1100. The fourth-order valence-corrected chi connectivity index (χ4v) is 3.62. The van der Waals surface area contributed by atoms with Crippen molar-refractivity contribution < 1.29 is 9.42 Å². The molecule has 0 atom stereocenters. The van der Waals surface area contributed by atoms with Crippen LogP contribution in [0, 0.1) is 0 Å². The highest BCUT2D eigenvalue weighted by Gasteiger charge is 2.35. The number of hydrogen-bond acceptors (Lipinski definition) is 6. The number of benzene rings is 2. The van der Waals surface area contributed by atoms with E-state index in [-0.39, 0.29) is 0 Å². The van der Waals surface area contributed by atoms with Crippen LogP contribution >= 0.6 is 0 Å². The quantitative estimate of drug-likeness (QED) is 0.677. The normalized spacial score (nSPS) is 18.3. The number of ether oxygens (including phenoxy) is 1. The number of para-hydroxylation sites is 1. The van der Waals surface area contributed by atoms with Gasteiger partial charge in [-0.15, -0.1) is 4.68 Å². The predicted molar refractivity (Wildman–Crippen MR) is 112 cm³/mol. The number of anilines is 1. The molecule has 0 radical (unpaired) electrons. The monoisotopic (exact) mass is 385 g/mol. The first-order chi connectivity index (χ1) is 14.3. The molecule has 0 amide bonds. The van der Waals surface area contributed by atoms with Crippen LogP contribution in [0.25, 0.3) is 0 Å². The third-order valence-electron chi connectivity index (χ3n) is 5.05. The molecule has 1 saturated heterocycles. The summed E-state index contributed by atoms with van der Waals surface area (Å²) in [6.07, 6.45) is 3.56. The summed E-state index contributed by atoms with van der Waals surface area (Å²) >= 11 is 0. The molecule has 2 aromatic carbocycles. The van der Waals surface area contributed by atoms with Crippen molar-refractivity contribution in [2.45, 2.75) is 12.8 Å². The minimum Gasteiger partial charge on any atom is -0.457 e. The van der Waals surface area contributed by atoms with Gasteiger partial charge in [0, 0.05) is 12.0 Å². The molecular weight excluding hydrogens is 364 g/mol. The van der Waals surface area contributed by atoms with E-state index < -0.39 is 0 Å². The summed E-state index contributed by atoms with van der Waals surface area (Å²) in [5.74, 6) is 2.74. The van der Waals surface area contributed by atoms with Gasteiger partial charge in [-0.05, 0) is 54.3 Å². The maximum Gasteiger partial charge on any atom is 0.363 e. The molecule has 3 heterocycles. The maximum atomic E-state index is 6.22. The van der Waals surface area contributed by atoms with E-state index in [0.717, 1.165) is 60.1 Å². The van der Waals surface area contributed by atoms with Crippen molar-refractivity contribution in [1.29, 1.82) is 0 Å². The highest BCUT2D eigenvalue weighted by molar-refractivity contribution is 6.18. The van der Waals surface area contributed by atoms with E-state index in [1.165, 1.54) is 12.0 Å². The van der Waals surface area contributed by atoms with Crippen molar-refractivity contribution in [3.8, 4) is 11.5 Å². The molecule has 0 bridgehead atoms. The minimum absolute atomic E-state index is 0.435. The highest BCUT2D eigenvalue weighted by atomic mass is 16.5. The molecule has 7 nitrogen and oxygen atoms in total. The Balaban J connectivity index is 1.52. The van der Waals surface area contributed by atoms with Crippen molar-refractivity contribution in [2.75, 3.05) is 18.8 Å². The smallest absolute Gasteiger partial charge is 0.363 e. The zero-order valence-corrected chi connectivity index (χ0v) is 15.9. The first kappa shape index (κ1) is 17.5. The fraction of sp³-hybridized carbons (Fsp3) is 0.182. The second-order valence-corrected chi connectivity index (χ2v) is 7.00. The van der Waals surface area contributed by atoms with Crippen molar-refractivity contribution in [3.05, 3.63) is 72.1 Å². The number of hydrogen-bond donors (Lipinski definition) is 2. The van der Waals surface area contributed by atoms with E-state index >= 15 is 0 Å². The number of piperidine rings is 1. The first-order valence-electron chi connectivity index (χ1n) is 9.68. The number of nitrogens with one attached hydrogen (secondary N) is 1. The molecule has 3 aromatic rings. The molecule has 0 unspecified atom stereocenters. The van der Waals surface area contributed by atoms with Crippen molar-refractivity contribution >= 4 is 23.1 Å². The maximum absolute atomic E-state index is 6.22. The predicted octanol–water partition coefficient (Wildman–Crippen LogP) is 3.09. The van der Waals surface area contributed by atoms with Gasteiger partial charge in [0.1, 0.15) is 34.3 Å². The van der Waals surface area contributed by atoms with Gasteiger partial charge in [0.05, 0.1) is 6.54 Å². The van der Waals surface area contributed by atoms with E-state index in [2.05, 4.69) is 15.3 Å². The lowest BCUT2D eigenvalue weighted by molar-refractivity contribution is -0.447. The molecule has 7 heteroatoms. The Morgan fingerprint density at radius 1 is 0.966 bits per heavy atom. The zero-order chi connectivity index (χ0) is 19.6. The second-order valence-electron chi connectivity index (χ2n) is 7.00. The van der Waals surface area contributed by atoms with Crippen LogP contribution in [0.4, 0.5) is 11.6 Å². The number of rotatable bonds is 3. The van der Waals surface area contributed by atoms with Crippen LogP contribution < -0.4 is 15.8 Å². The van der Waals surface area contributed by atoms with E-state index in [4.69, 9.17) is 15.6 Å².